The lowest BCUT2D eigenvalue weighted by Crippen LogP contribution is -2.25. The lowest BCUT2D eigenvalue weighted by Gasteiger charge is -2.20. The molecule has 0 unspecified atom stereocenters. The first-order valence-electron chi connectivity index (χ1n) is 12.4. The van der Waals surface area contributed by atoms with Gasteiger partial charge in [-0.25, -0.2) is 0 Å². The van der Waals surface area contributed by atoms with Crippen LogP contribution in [-0.4, -0.2) is 18.1 Å². The SMILES string of the molecule is CC.Cc1cc(CNCC2CC2)cc2cc(COc3ccccc3CC(=O)OC(C)(C)C)oc12. The maximum absolute atomic E-state index is 12.3. The van der Waals surface area contributed by atoms with Crippen LogP contribution in [0, 0.1) is 12.8 Å². The zero-order chi connectivity index (χ0) is 24.7. The molecule has 5 heteroatoms. The Labute approximate surface area is 203 Å². The van der Waals surface area contributed by atoms with Crippen molar-refractivity contribution in [1.29, 1.82) is 0 Å². The molecule has 1 N–H and O–H groups in total. The van der Waals surface area contributed by atoms with Crippen LogP contribution in [0.4, 0.5) is 0 Å². The summed E-state index contributed by atoms with van der Waals surface area (Å²) in [7, 11) is 0. The van der Waals surface area contributed by atoms with E-state index >= 15 is 0 Å². The lowest BCUT2D eigenvalue weighted by atomic mass is 10.1. The average Bonchev–Trinajstić information content (AvgIpc) is 3.50. The fourth-order valence-corrected chi connectivity index (χ4v) is 3.85. The second-order valence-corrected chi connectivity index (χ2v) is 9.78. The third kappa shape index (κ3) is 7.63. The van der Waals surface area contributed by atoms with E-state index in [4.69, 9.17) is 13.9 Å². The van der Waals surface area contributed by atoms with E-state index in [1.54, 1.807) is 0 Å². The normalized spacial score (nSPS) is 13.4. The minimum Gasteiger partial charge on any atom is -0.485 e. The Balaban J connectivity index is 0.00000158. The van der Waals surface area contributed by atoms with Crippen molar-refractivity contribution in [2.45, 2.75) is 79.6 Å². The monoisotopic (exact) mass is 465 g/mol. The third-order valence-corrected chi connectivity index (χ3v) is 5.47. The van der Waals surface area contributed by atoms with Gasteiger partial charge in [-0.3, -0.25) is 4.79 Å². The van der Waals surface area contributed by atoms with Gasteiger partial charge in [0.15, 0.2) is 0 Å². The standard InChI is InChI=1S/C27H33NO4.C2H6/c1-18-11-20(16-28-15-19-9-10-19)12-22-13-23(31-26(18)22)17-30-24-8-6-5-7-21(24)14-25(29)32-27(2,3)4;1-2/h5-8,11-13,19,28H,9-10,14-17H2,1-4H3;1-2H3. The summed E-state index contributed by atoms with van der Waals surface area (Å²) in [6.45, 7) is 14.0. The van der Waals surface area contributed by atoms with Crippen molar-refractivity contribution in [2.75, 3.05) is 6.54 Å². The summed E-state index contributed by atoms with van der Waals surface area (Å²) in [4.78, 5) is 12.3. The van der Waals surface area contributed by atoms with Gasteiger partial charge < -0.3 is 19.2 Å². The second kappa shape index (κ2) is 11.6. The van der Waals surface area contributed by atoms with Crippen molar-refractivity contribution >= 4 is 16.9 Å². The number of esters is 1. The molecule has 184 valence electrons. The van der Waals surface area contributed by atoms with Crippen LogP contribution in [0.2, 0.25) is 0 Å². The Morgan fingerprint density at radius 3 is 2.56 bits per heavy atom. The van der Waals surface area contributed by atoms with Gasteiger partial charge in [0.1, 0.15) is 29.3 Å². The average molecular weight is 466 g/mol. The molecule has 1 aliphatic carbocycles. The molecular weight excluding hydrogens is 426 g/mol. The number of rotatable bonds is 9. The molecule has 3 aromatic rings. The second-order valence-electron chi connectivity index (χ2n) is 9.78. The van der Waals surface area contributed by atoms with Gasteiger partial charge in [0.05, 0.1) is 6.42 Å². The van der Waals surface area contributed by atoms with E-state index in [9.17, 15) is 4.79 Å². The van der Waals surface area contributed by atoms with Gasteiger partial charge >= 0.3 is 5.97 Å². The highest BCUT2D eigenvalue weighted by atomic mass is 16.6. The number of para-hydroxylation sites is 1. The first-order chi connectivity index (χ1) is 16.3. The van der Waals surface area contributed by atoms with Crippen LogP contribution in [0.15, 0.2) is 46.9 Å². The maximum Gasteiger partial charge on any atom is 0.310 e. The molecule has 0 spiro atoms. The summed E-state index contributed by atoms with van der Waals surface area (Å²) in [5.74, 6) is 2.03. The molecule has 4 rings (SSSR count). The molecule has 5 nitrogen and oxygen atoms in total. The number of nitrogens with one attached hydrogen (secondary N) is 1. The summed E-state index contributed by atoms with van der Waals surface area (Å²) in [5, 5.41) is 4.64. The molecule has 0 saturated heterocycles. The number of hydrogen-bond donors (Lipinski definition) is 1. The molecule has 1 heterocycles. The van der Waals surface area contributed by atoms with E-state index < -0.39 is 5.60 Å². The van der Waals surface area contributed by atoms with E-state index in [0.29, 0.717) is 12.4 Å². The predicted octanol–water partition coefficient (Wildman–Crippen LogP) is 6.73. The summed E-state index contributed by atoms with van der Waals surface area (Å²) >= 11 is 0. The van der Waals surface area contributed by atoms with Gasteiger partial charge in [-0.05, 0) is 82.3 Å². The zero-order valence-electron chi connectivity index (χ0n) is 21.5. The molecule has 0 radical (unpaired) electrons. The van der Waals surface area contributed by atoms with Crippen LogP contribution in [0.3, 0.4) is 0 Å². The quantitative estimate of drug-likeness (QED) is 0.355. The molecule has 0 amide bonds. The summed E-state index contributed by atoms with van der Waals surface area (Å²) < 4.78 is 17.6. The van der Waals surface area contributed by atoms with Crippen LogP contribution in [0.5, 0.6) is 5.75 Å². The molecule has 0 atom stereocenters. The van der Waals surface area contributed by atoms with Crippen molar-refractivity contribution < 1.29 is 18.7 Å². The smallest absolute Gasteiger partial charge is 0.310 e. The Bertz CT molecular complexity index is 1090. The molecule has 2 aromatic carbocycles. The Hall–Kier alpha value is -2.79. The topological polar surface area (TPSA) is 60.7 Å². The van der Waals surface area contributed by atoms with Gasteiger partial charge in [-0.1, -0.05) is 38.1 Å². The largest absolute Gasteiger partial charge is 0.485 e. The number of aryl methyl sites for hydroxylation is 1. The van der Waals surface area contributed by atoms with Crippen molar-refractivity contribution in [3.63, 3.8) is 0 Å². The van der Waals surface area contributed by atoms with Crippen LogP contribution in [0.1, 0.15) is 69.9 Å². The molecular formula is C29H39NO4. The molecule has 1 saturated carbocycles. The van der Waals surface area contributed by atoms with Crippen molar-refractivity contribution in [2.24, 2.45) is 5.92 Å². The van der Waals surface area contributed by atoms with Crippen molar-refractivity contribution in [3.05, 3.63) is 64.9 Å². The highest BCUT2D eigenvalue weighted by Gasteiger charge is 2.20. The summed E-state index contributed by atoms with van der Waals surface area (Å²) in [6.07, 6.45) is 2.89. The third-order valence-electron chi connectivity index (χ3n) is 5.47. The van der Waals surface area contributed by atoms with Crippen LogP contribution >= 0.6 is 0 Å². The minimum absolute atomic E-state index is 0.171. The minimum atomic E-state index is -0.509. The number of fused-ring (bicyclic) bond motifs is 1. The van der Waals surface area contributed by atoms with E-state index in [0.717, 1.165) is 46.9 Å². The fourth-order valence-electron chi connectivity index (χ4n) is 3.85. The number of carbonyl (C=O) groups is 1. The first kappa shape index (κ1) is 25.8. The first-order valence-corrected chi connectivity index (χ1v) is 12.4. The van der Waals surface area contributed by atoms with E-state index in [1.807, 2.05) is 65.0 Å². The Morgan fingerprint density at radius 2 is 1.85 bits per heavy atom. The highest BCUT2D eigenvalue weighted by molar-refractivity contribution is 5.82. The fraction of sp³-hybridized carbons (Fsp3) is 0.483. The van der Waals surface area contributed by atoms with Crippen molar-refractivity contribution in [3.8, 4) is 5.75 Å². The van der Waals surface area contributed by atoms with Gasteiger partial charge in [0, 0.05) is 17.5 Å². The van der Waals surface area contributed by atoms with E-state index in [1.165, 1.54) is 18.4 Å². The number of carbonyl (C=O) groups excluding carboxylic acids is 1. The Morgan fingerprint density at radius 1 is 1.12 bits per heavy atom. The van der Waals surface area contributed by atoms with Gasteiger partial charge in [0.25, 0.3) is 0 Å². The predicted molar refractivity (Wildman–Crippen MR) is 137 cm³/mol. The van der Waals surface area contributed by atoms with Crippen LogP contribution in [0.25, 0.3) is 11.0 Å². The molecule has 1 fully saturated rings. The number of hydrogen-bond acceptors (Lipinski definition) is 5. The number of furan rings is 1. The molecule has 34 heavy (non-hydrogen) atoms. The summed E-state index contributed by atoms with van der Waals surface area (Å²) in [6, 6.07) is 14.0. The molecule has 1 aromatic heterocycles. The van der Waals surface area contributed by atoms with E-state index in [-0.39, 0.29) is 12.4 Å². The van der Waals surface area contributed by atoms with Gasteiger partial charge in [-0.2, -0.15) is 0 Å². The summed E-state index contributed by atoms with van der Waals surface area (Å²) in [5.41, 5.74) is 3.59. The van der Waals surface area contributed by atoms with Crippen LogP contribution in [-0.2, 0) is 29.1 Å². The maximum atomic E-state index is 12.3. The number of ether oxygens (including phenoxy) is 2. The van der Waals surface area contributed by atoms with E-state index in [2.05, 4.69) is 24.4 Å². The van der Waals surface area contributed by atoms with Crippen molar-refractivity contribution in [1.82, 2.24) is 5.32 Å². The highest BCUT2D eigenvalue weighted by Crippen LogP contribution is 2.29. The van der Waals surface area contributed by atoms with Gasteiger partial charge in [0.2, 0.25) is 0 Å². The number of benzene rings is 2. The zero-order valence-corrected chi connectivity index (χ0v) is 21.5. The molecule has 1 aliphatic rings. The molecule has 0 bridgehead atoms. The lowest BCUT2D eigenvalue weighted by molar-refractivity contribution is -0.153. The Kier molecular flexibility index (Phi) is 8.78. The van der Waals surface area contributed by atoms with Gasteiger partial charge in [-0.15, -0.1) is 0 Å². The van der Waals surface area contributed by atoms with Crippen LogP contribution < -0.4 is 10.1 Å². The molecule has 0 aliphatic heterocycles.